The number of amides is 1. The third-order valence-corrected chi connectivity index (χ3v) is 24.1. The fourth-order valence-electron chi connectivity index (χ4n) is 15.6. The van der Waals surface area contributed by atoms with Gasteiger partial charge in [0.15, 0.2) is 0 Å². The van der Waals surface area contributed by atoms with Crippen molar-refractivity contribution in [3.8, 4) is 118 Å². The zero-order valence-electron chi connectivity index (χ0n) is 77.7. The number of carbonyl (C=O) groups is 1. The largest absolute Gasteiger partial charge is 0.394 e. The number of aliphatic hydroxyl groups excluding tert-OH is 20. The van der Waals surface area contributed by atoms with Crippen LogP contribution in [0.3, 0.4) is 0 Å². The van der Waals surface area contributed by atoms with E-state index in [9.17, 15) is 107 Å². The van der Waals surface area contributed by atoms with Gasteiger partial charge in [-0.05, 0) is 131 Å². The predicted octanol–water partition coefficient (Wildman–Crippen LogP) is -2.08. The first-order chi connectivity index (χ1) is 69.3. The van der Waals surface area contributed by atoms with Crippen LogP contribution >= 0.6 is 0 Å². The van der Waals surface area contributed by atoms with E-state index in [0.29, 0.717) is 67.4 Å². The average molecular weight is 1970 g/mol. The lowest BCUT2D eigenvalue weighted by Crippen LogP contribution is -2.58. The second kappa shape index (κ2) is 47.2. The van der Waals surface area contributed by atoms with Gasteiger partial charge in [0.1, 0.15) is 153 Å². The summed E-state index contributed by atoms with van der Waals surface area (Å²) in [4.78, 5) is 20.1. The van der Waals surface area contributed by atoms with Crippen molar-refractivity contribution in [1.29, 1.82) is 0 Å². The summed E-state index contributed by atoms with van der Waals surface area (Å²) in [5.41, 5.74) is 12.2. The van der Waals surface area contributed by atoms with Crippen molar-refractivity contribution in [1.82, 2.24) is 66.3 Å². The normalized spacial score (nSPS) is 27.7. The van der Waals surface area contributed by atoms with Gasteiger partial charge in [-0.15, -0.1) is 0 Å². The number of aromatic nitrogens is 12. The van der Waals surface area contributed by atoms with Crippen molar-refractivity contribution < 1.29 is 131 Å². The number of aliphatic hydroxyl groups is 20. The molecule has 0 unspecified atom stereocenters. The summed E-state index contributed by atoms with van der Waals surface area (Å²) in [7, 11) is 1.54. The molecule has 25 atom stereocenters. The Morgan fingerprint density at radius 2 is 0.625 bits per heavy atom. The molecule has 5 aliphatic heterocycles. The minimum absolute atomic E-state index is 0.145. The molecule has 0 spiro atoms. The first-order valence-corrected chi connectivity index (χ1v) is 45.9. The first kappa shape index (κ1) is 105. The summed E-state index contributed by atoms with van der Waals surface area (Å²) in [6.07, 6.45) is -12.4. The number of hydrogen-bond acceptors (Lipinski definition) is 33. The van der Waals surface area contributed by atoms with E-state index in [-0.39, 0.29) is 11.3 Å². The molecular weight excluding hydrogens is 1860 g/mol. The van der Waals surface area contributed by atoms with Crippen LogP contribution in [0.1, 0.15) is 112 Å². The van der Waals surface area contributed by atoms with Crippen LogP contribution < -0.4 is 5.32 Å². The van der Waals surface area contributed by atoms with Crippen LogP contribution in [0.5, 0.6) is 0 Å². The second-order valence-corrected chi connectivity index (χ2v) is 36.0. The molecule has 12 heterocycles. The van der Waals surface area contributed by atoms with Gasteiger partial charge in [0.2, 0.25) is 0 Å². The summed E-state index contributed by atoms with van der Waals surface area (Å²) >= 11 is 0. The molecule has 12 aromatic rings. The molecule has 1 amide bonds. The molecule has 5 aromatic carbocycles. The molecule has 7 fully saturated rings. The molecule has 144 heavy (non-hydrogen) atoms. The van der Waals surface area contributed by atoms with Gasteiger partial charge < -0.3 is 131 Å². The Kier molecular flexibility index (Phi) is 34.3. The summed E-state index contributed by atoms with van der Waals surface area (Å²) in [6.45, 7) is 3.57. The minimum atomic E-state index is -1.50. The van der Waals surface area contributed by atoms with Crippen molar-refractivity contribution in [2.24, 2.45) is 17.3 Å². The predicted molar refractivity (Wildman–Crippen MR) is 516 cm³/mol. The highest BCUT2D eigenvalue weighted by molar-refractivity contribution is 5.96. The van der Waals surface area contributed by atoms with Crippen molar-refractivity contribution >= 4 is 60.4 Å². The molecule has 5 saturated heterocycles. The number of ether oxygens (including phenoxy) is 5. The Morgan fingerprint density at radius 1 is 0.326 bits per heavy atom. The van der Waals surface area contributed by atoms with E-state index in [1.165, 1.54) is 6.20 Å². The van der Waals surface area contributed by atoms with E-state index in [4.69, 9.17) is 23.7 Å². The number of carbonyl (C=O) groups excluding carboxylic acids is 1. The topological polar surface area (TPSA) is 649 Å². The van der Waals surface area contributed by atoms with E-state index in [2.05, 4.69) is 173 Å². The molecule has 746 valence electrons. The fourth-order valence-corrected chi connectivity index (χ4v) is 15.6. The molecule has 2 aliphatic carbocycles. The van der Waals surface area contributed by atoms with Crippen LogP contribution in [-0.4, -0.2) is 362 Å². The third kappa shape index (κ3) is 25.3. The van der Waals surface area contributed by atoms with Crippen LogP contribution in [0.25, 0.3) is 65.6 Å². The van der Waals surface area contributed by atoms with E-state index in [1.807, 2.05) is 75.4 Å². The summed E-state index contributed by atoms with van der Waals surface area (Å²) < 4.78 is 27.2. The Hall–Kier alpha value is -13.7. The molecule has 26 N–H and O–H groups in total. The van der Waals surface area contributed by atoms with Gasteiger partial charge >= 0.3 is 0 Å². The van der Waals surface area contributed by atoms with E-state index in [1.54, 1.807) is 80.9 Å². The lowest BCUT2D eigenvalue weighted by atomic mass is 9.95. The highest BCUT2D eigenvalue weighted by Crippen LogP contribution is 2.34. The highest BCUT2D eigenvalue weighted by atomic mass is 16.6. The Labute approximate surface area is 823 Å². The molecule has 39 nitrogen and oxygen atoms in total. The zero-order chi connectivity index (χ0) is 102. The summed E-state index contributed by atoms with van der Waals surface area (Å²) in [6, 6.07) is 24.0. The van der Waals surface area contributed by atoms with E-state index in [0.717, 1.165) is 97.0 Å². The molecule has 19 rings (SSSR count). The molecule has 7 aromatic heterocycles. The van der Waals surface area contributed by atoms with Gasteiger partial charge in [-0.1, -0.05) is 107 Å². The standard InChI is InChI=1S/C22H22N4O6.C22H19N3O5.C21H24N2O5.2C20H20N2O5/c1-23-22(31)15-6-13(7-24-8-15)12-4-11(18-14(5-12)9-25-26-18)2-3-16-19(28)21(30)20(29)17(10-27)32-16;26-12-18-21(28)22(29)20(27)17(30-18)6-5-15-8-14(9-16-11-24-25-19(15)16)4-3-13-2-1-7-23-10-13;1-21(2,3)7-6-12-8-13(17-14(9-12)10-22-23-17)4-5-15-18(25)20(27)19(26)16(11-24)28-15;2*23-10-16-19(25)20(26)18(24)15(27-16)6-5-13-7-12(4-3-11-1-2-11)8-14-9-21-22-17(13)14/h4-9,16-17,19-21,27-30H,10H2,1H3,(H,23,31)(H,25,26);1-2,7-11,17-18,20-22,26-29H,12H2,(H,24,25);8-10,15-16,18-20,24-27H,11H2,1-3H3,(H,22,23);2*7-9,11,15-16,18-20,23-26H,1-2,10H2,(H,21,22)/t16-,17-,19-,20-,21-;17-,18-,20-,21-,22-;3*15-,16-,18-,19-,20-/m11111/s1. The Balaban J connectivity index is 0.000000136. The van der Waals surface area contributed by atoms with Crippen molar-refractivity contribution in [2.45, 2.75) is 199 Å². The number of fused-ring (bicyclic) bond motifs is 5. The van der Waals surface area contributed by atoms with Crippen LogP contribution in [0.4, 0.5) is 0 Å². The van der Waals surface area contributed by atoms with Gasteiger partial charge in [0, 0.05) is 109 Å². The van der Waals surface area contributed by atoms with Gasteiger partial charge in [-0.2, -0.15) is 25.5 Å². The number of aromatic amines is 5. The number of H-pyrrole nitrogens is 5. The number of nitrogens with one attached hydrogen (secondary N) is 6. The monoisotopic (exact) mass is 1960 g/mol. The van der Waals surface area contributed by atoms with E-state index < -0.39 is 186 Å². The maximum atomic E-state index is 12.0. The van der Waals surface area contributed by atoms with Gasteiger partial charge in [-0.25, -0.2) is 0 Å². The second-order valence-electron chi connectivity index (χ2n) is 36.0. The molecule has 2 saturated carbocycles. The van der Waals surface area contributed by atoms with Crippen LogP contribution in [0.2, 0.25) is 0 Å². The molecule has 0 radical (unpaired) electrons. The van der Waals surface area contributed by atoms with Crippen molar-refractivity contribution in [3.63, 3.8) is 0 Å². The number of benzene rings is 5. The molecular formula is C105H105N13O26. The smallest absolute Gasteiger partial charge is 0.252 e. The molecule has 0 bridgehead atoms. The highest BCUT2D eigenvalue weighted by Gasteiger charge is 2.48. The van der Waals surface area contributed by atoms with Gasteiger partial charge in [-0.3, -0.25) is 40.3 Å². The maximum absolute atomic E-state index is 12.0. The first-order valence-electron chi connectivity index (χ1n) is 45.9. The Bertz CT molecular complexity index is 7040. The SMILES string of the molecule is CC(C)(C)C#Cc1cc(C#C[C@H]2O[C@H](CO)[C@@H](O)[C@H](O)[C@@H]2O)c2[nH]ncc2c1.CNC(=O)c1cncc(-c2cc(C#C[C@H]3O[C@H](CO)[C@@H](O)[C@H](O)[C@@H]3O)c3[nH]ncc3c2)c1.OC[C@H]1O[C@H](C#Cc2cc(C#CC3CC3)cc3cn[nH]c23)[C@@H](O)[C@@H](O)[C@@H]1O.OC[C@H]1O[C@H](C#Cc2cc(C#CC3CC3)cc3cn[nH]c23)[C@@H](O)[C@@H](O)[C@@H]1O.OC[C@H]1O[C@H](C#Cc2cc(C#Cc3cccnc3)cc3cn[nH]c23)[C@@H](O)[C@@H](O)[C@@H]1O. The third-order valence-electron chi connectivity index (χ3n) is 24.1. The van der Waals surface area contributed by atoms with Gasteiger partial charge in [0.25, 0.3) is 5.91 Å². The number of hydrogen-bond donors (Lipinski definition) is 26. The number of rotatable bonds is 7. The lowest BCUT2D eigenvalue weighted by Gasteiger charge is -2.37. The molecule has 7 aliphatic rings. The number of pyridine rings is 2. The minimum Gasteiger partial charge on any atom is -0.394 e. The summed E-state index contributed by atoms with van der Waals surface area (Å²) in [5, 5.41) is 238. The van der Waals surface area contributed by atoms with E-state index >= 15 is 0 Å². The van der Waals surface area contributed by atoms with Gasteiger partial charge in [0.05, 0.1) is 125 Å². The van der Waals surface area contributed by atoms with Crippen LogP contribution in [-0.2, 0) is 23.7 Å². The quantitative estimate of drug-likeness (QED) is 0.0762. The van der Waals surface area contributed by atoms with Crippen molar-refractivity contribution in [3.05, 3.63) is 196 Å². The van der Waals surface area contributed by atoms with Crippen LogP contribution in [0, 0.1) is 124 Å². The zero-order valence-corrected chi connectivity index (χ0v) is 77.7. The van der Waals surface area contributed by atoms with Crippen molar-refractivity contribution in [2.75, 3.05) is 40.1 Å². The lowest BCUT2D eigenvalue weighted by molar-refractivity contribution is -0.214. The Morgan fingerprint density at radius 3 is 0.917 bits per heavy atom. The fraction of sp³-hybridized carbons (Fsp3) is 0.390. The number of nitrogens with zero attached hydrogens (tertiary/aromatic N) is 7. The molecule has 39 heteroatoms. The average Bonchev–Trinajstić information content (AvgIpc) is 1.53. The van der Waals surface area contributed by atoms with Crippen LogP contribution in [0.15, 0.2) is 135 Å². The summed E-state index contributed by atoms with van der Waals surface area (Å²) in [5.74, 6) is 54.5. The maximum Gasteiger partial charge on any atom is 0.252 e.